The molecule has 6 nitrogen and oxygen atoms in total. The van der Waals surface area contributed by atoms with Gasteiger partial charge in [-0.2, -0.15) is 0 Å². The van der Waals surface area contributed by atoms with Gasteiger partial charge in [-0.3, -0.25) is 9.59 Å². The Hall–Kier alpha value is -1.14. The molecule has 0 aromatic carbocycles. The monoisotopic (exact) mass is 271 g/mol. The molecule has 2 atom stereocenters. The highest BCUT2D eigenvalue weighted by atomic mass is 16.5. The lowest BCUT2D eigenvalue weighted by atomic mass is 9.88. The van der Waals surface area contributed by atoms with E-state index in [1.54, 1.807) is 0 Å². The number of hydrogen-bond donors (Lipinski definition) is 3. The maximum Gasteiger partial charge on any atom is 0.239 e. The summed E-state index contributed by atoms with van der Waals surface area (Å²) in [5.41, 5.74) is 5.11. The molecular formula is C13H25N3O3. The Kier molecular flexibility index (Phi) is 7.43. The summed E-state index contributed by atoms with van der Waals surface area (Å²) in [6, 6.07) is 0. The summed E-state index contributed by atoms with van der Waals surface area (Å²) in [7, 11) is 0. The number of nitrogens with one attached hydrogen (secondary N) is 2. The number of amides is 2. The van der Waals surface area contributed by atoms with Crippen molar-refractivity contribution in [2.45, 2.75) is 38.7 Å². The maximum atomic E-state index is 11.4. The van der Waals surface area contributed by atoms with Crippen LogP contribution < -0.4 is 16.4 Å². The third-order valence-electron chi connectivity index (χ3n) is 3.42. The smallest absolute Gasteiger partial charge is 0.239 e. The Morgan fingerprint density at radius 2 is 1.95 bits per heavy atom. The van der Waals surface area contributed by atoms with E-state index < -0.39 is 0 Å². The number of hydrogen-bond acceptors (Lipinski definition) is 4. The van der Waals surface area contributed by atoms with E-state index in [0.29, 0.717) is 25.2 Å². The second-order valence-corrected chi connectivity index (χ2v) is 5.00. The lowest BCUT2D eigenvalue weighted by molar-refractivity contribution is -0.125. The van der Waals surface area contributed by atoms with Crippen molar-refractivity contribution in [3.8, 4) is 0 Å². The van der Waals surface area contributed by atoms with Gasteiger partial charge in [0, 0.05) is 6.54 Å². The van der Waals surface area contributed by atoms with E-state index in [0.717, 1.165) is 6.42 Å². The molecule has 19 heavy (non-hydrogen) atoms. The fraction of sp³-hybridized carbons (Fsp3) is 0.846. The minimum atomic E-state index is -0.331. The summed E-state index contributed by atoms with van der Waals surface area (Å²) in [6.07, 6.45) is 5.18. The van der Waals surface area contributed by atoms with Crippen LogP contribution in [0.1, 0.15) is 32.6 Å². The summed E-state index contributed by atoms with van der Waals surface area (Å²) < 4.78 is 5.77. The van der Waals surface area contributed by atoms with E-state index in [-0.39, 0.29) is 24.9 Å². The molecule has 1 rings (SSSR count). The molecule has 2 unspecified atom stereocenters. The highest BCUT2D eigenvalue weighted by Crippen LogP contribution is 2.25. The van der Waals surface area contributed by atoms with Gasteiger partial charge in [0.2, 0.25) is 11.8 Å². The summed E-state index contributed by atoms with van der Waals surface area (Å²) in [4.78, 5) is 22.2. The van der Waals surface area contributed by atoms with Gasteiger partial charge in [0.05, 0.1) is 25.8 Å². The van der Waals surface area contributed by atoms with Gasteiger partial charge in [-0.25, -0.2) is 0 Å². The summed E-state index contributed by atoms with van der Waals surface area (Å²) in [6.45, 7) is 3.07. The molecule has 2 amide bonds. The van der Waals surface area contributed by atoms with E-state index in [2.05, 4.69) is 17.6 Å². The van der Waals surface area contributed by atoms with E-state index >= 15 is 0 Å². The highest BCUT2D eigenvalue weighted by molar-refractivity contribution is 5.85. The summed E-state index contributed by atoms with van der Waals surface area (Å²) >= 11 is 0. The van der Waals surface area contributed by atoms with Gasteiger partial charge in [0.25, 0.3) is 0 Å². The average Bonchev–Trinajstić information content (AvgIpc) is 2.42. The van der Waals surface area contributed by atoms with Gasteiger partial charge in [0.1, 0.15) is 0 Å². The predicted molar refractivity (Wildman–Crippen MR) is 72.4 cm³/mol. The SMILES string of the molecule is CC1CCCCC1OCCNC(=O)CNC(=O)CN. The zero-order valence-electron chi connectivity index (χ0n) is 11.6. The van der Waals surface area contributed by atoms with Crippen molar-refractivity contribution in [1.29, 1.82) is 0 Å². The fourth-order valence-electron chi connectivity index (χ4n) is 2.24. The largest absolute Gasteiger partial charge is 0.376 e. The normalized spacial score (nSPS) is 22.8. The van der Waals surface area contributed by atoms with E-state index in [9.17, 15) is 9.59 Å². The predicted octanol–water partition coefficient (Wildman–Crippen LogP) is -0.227. The molecule has 110 valence electrons. The molecule has 0 aliphatic heterocycles. The van der Waals surface area contributed by atoms with Crippen LogP contribution in [0.2, 0.25) is 0 Å². The second kappa shape index (κ2) is 8.87. The molecule has 0 radical (unpaired) electrons. The molecule has 0 saturated heterocycles. The molecule has 1 aliphatic carbocycles. The quantitative estimate of drug-likeness (QED) is 0.558. The van der Waals surface area contributed by atoms with Crippen LogP contribution in [0, 0.1) is 5.92 Å². The molecule has 6 heteroatoms. The van der Waals surface area contributed by atoms with Crippen LogP contribution in [-0.4, -0.2) is 44.2 Å². The molecule has 1 saturated carbocycles. The van der Waals surface area contributed by atoms with Gasteiger partial charge in [-0.15, -0.1) is 0 Å². The molecular weight excluding hydrogens is 246 g/mol. The summed E-state index contributed by atoms with van der Waals surface area (Å²) in [5, 5.41) is 5.11. The van der Waals surface area contributed by atoms with E-state index in [1.807, 2.05) is 0 Å². The fourth-order valence-corrected chi connectivity index (χ4v) is 2.24. The molecule has 0 aromatic heterocycles. The molecule has 0 bridgehead atoms. The first-order valence-corrected chi connectivity index (χ1v) is 6.98. The van der Waals surface area contributed by atoms with Crippen molar-refractivity contribution in [3.63, 3.8) is 0 Å². The van der Waals surface area contributed by atoms with Gasteiger partial charge in [-0.1, -0.05) is 19.8 Å². The zero-order valence-corrected chi connectivity index (χ0v) is 11.6. The van der Waals surface area contributed by atoms with Crippen molar-refractivity contribution in [1.82, 2.24) is 10.6 Å². The lowest BCUT2D eigenvalue weighted by Gasteiger charge is -2.28. The molecule has 1 aliphatic rings. The average molecular weight is 271 g/mol. The minimum absolute atomic E-state index is 0.0319. The zero-order chi connectivity index (χ0) is 14.1. The molecule has 0 aromatic rings. The van der Waals surface area contributed by atoms with Crippen LogP contribution in [0.25, 0.3) is 0 Å². The number of carbonyl (C=O) groups excluding carboxylic acids is 2. The number of nitrogens with two attached hydrogens (primary N) is 1. The van der Waals surface area contributed by atoms with Crippen LogP contribution in [0.3, 0.4) is 0 Å². The molecule has 0 heterocycles. The number of rotatable bonds is 7. The van der Waals surface area contributed by atoms with Crippen molar-refractivity contribution in [3.05, 3.63) is 0 Å². The van der Waals surface area contributed by atoms with Gasteiger partial charge in [0.15, 0.2) is 0 Å². The van der Waals surface area contributed by atoms with Crippen molar-refractivity contribution in [2.24, 2.45) is 11.7 Å². The van der Waals surface area contributed by atoms with Crippen LogP contribution in [0.4, 0.5) is 0 Å². The van der Waals surface area contributed by atoms with E-state index in [4.69, 9.17) is 10.5 Å². The number of carbonyl (C=O) groups is 2. The number of ether oxygens (including phenoxy) is 1. The van der Waals surface area contributed by atoms with Crippen molar-refractivity contribution in [2.75, 3.05) is 26.2 Å². The third kappa shape index (κ3) is 6.54. The van der Waals surface area contributed by atoms with Crippen LogP contribution >= 0.6 is 0 Å². The van der Waals surface area contributed by atoms with Crippen LogP contribution in [-0.2, 0) is 14.3 Å². The Balaban J connectivity index is 2.03. The first kappa shape index (κ1) is 15.9. The van der Waals surface area contributed by atoms with Crippen LogP contribution in [0.15, 0.2) is 0 Å². The Morgan fingerprint density at radius 1 is 1.21 bits per heavy atom. The Bertz CT molecular complexity index is 297. The highest BCUT2D eigenvalue weighted by Gasteiger charge is 2.21. The second-order valence-electron chi connectivity index (χ2n) is 5.00. The van der Waals surface area contributed by atoms with E-state index in [1.165, 1.54) is 19.3 Å². The van der Waals surface area contributed by atoms with Crippen molar-refractivity contribution >= 4 is 11.8 Å². The molecule has 1 fully saturated rings. The lowest BCUT2D eigenvalue weighted by Crippen LogP contribution is -2.40. The Morgan fingerprint density at radius 3 is 2.63 bits per heavy atom. The van der Waals surface area contributed by atoms with Gasteiger partial charge < -0.3 is 21.1 Å². The molecule has 0 spiro atoms. The standard InChI is InChI=1S/C13H25N3O3/c1-10-4-2-3-5-11(10)19-7-6-15-13(18)9-16-12(17)8-14/h10-11H,2-9,14H2,1H3,(H,15,18)(H,16,17). The first-order valence-electron chi connectivity index (χ1n) is 6.98. The van der Waals surface area contributed by atoms with Crippen molar-refractivity contribution < 1.29 is 14.3 Å². The Labute approximate surface area is 114 Å². The molecule has 4 N–H and O–H groups in total. The topological polar surface area (TPSA) is 93.5 Å². The van der Waals surface area contributed by atoms with Gasteiger partial charge >= 0.3 is 0 Å². The first-order chi connectivity index (χ1) is 9.13. The van der Waals surface area contributed by atoms with Crippen LogP contribution in [0.5, 0.6) is 0 Å². The summed E-state index contributed by atoms with van der Waals surface area (Å²) in [5.74, 6) is 0.0535. The maximum absolute atomic E-state index is 11.4. The van der Waals surface area contributed by atoms with Gasteiger partial charge in [-0.05, 0) is 18.8 Å². The minimum Gasteiger partial charge on any atom is -0.376 e. The third-order valence-corrected chi connectivity index (χ3v) is 3.42.